The van der Waals surface area contributed by atoms with E-state index in [4.69, 9.17) is 16.3 Å². The molecule has 1 aliphatic rings. The van der Waals surface area contributed by atoms with E-state index >= 15 is 0 Å². The standard InChI is InChI=1S/C23H19ClFNO3/c24-21-9-5-4-8-19(21)20-12-17(25)10-16-11-18(29-22(16)20)14-26(23(27)28)13-15-6-2-1-3-7-15/h1-10,12,18H,11,13-14H2,(H,27,28). The molecule has 0 spiro atoms. The van der Waals surface area contributed by atoms with Crippen molar-refractivity contribution in [3.05, 3.63) is 88.7 Å². The molecule has 4 nitrogen and oxygen atoms in total. The summed E-state index contributed by atoms with van der Waals surface area (Å²) in [5.74, 6) is 0.192. The summed E-state index contributed by atoms with van der Waals surface area (Å²) in [6.45, 7) is 0.445. The number of ether oxygens (including phenoxy) is 1. The van der Waals surface area contributed by atoms with Gasteiger partial charge in [0.1, 0.15) is 17.7 Å². The lowest BCUT2D eigenvalue weighted by Crippen LogP contribution is -2.37. The summed E-state index contributed by atoms with van der Waals surface area (Å²) >= 11 is 6.30. The number of carbonyl (C=O) groups is 1. The van der Waals surface area contributed by atoms with Crippen LogP contribution in [0.1, 0.15) is 11.1 Å². The van der Waals surface area contributed by atoms with E-state index < -0.39 is 12.2 Å². The maximum absolute atomic E-state index is 14.2. The average molecular weight is 412 g/mol. The Morgan fingerprint density at radius 2 is 1.83 bits per heavy atom. The minimum Gasteiger partial charge on any atom is -0.487 e. The van der Waals surface area contributed by atoms with Crippen LogP contribution in [0.2, 0.25) is 5.02 Å². The number of carboxylic acid groups (broad SMARTS) is 1. The maximum Gasteiger partial charge on any atom is 0.407 e. The third-order valence-corrected chi connectivity index (χ3v) is 5.27. The normalized spacial score (nSPS) is 14.9. The predicted molar refractivity (Wildman–Crippen MR) is 110 cm³/mol. The summed E-state index contributed by atoms with van der Waals surface area (Å²) < 4.78 is 20.3. The van der Waals surface area contributed by atoms with Crippen molar-refractivity contribution in [2.24, 2.45) is 0 Å². The van der Waals surface area contributed by atoms with Crippen LogP contribution in [0.4, 0.5) is 9.18 Å². The van der Waals surface area contributed by atoms with Crippen LogP contribution in [-0.2, 0) is 13.0 Å². The zero-order valence-electron chi connectivity index (χ0n) is 15.5. The maximum atomic E-state index is 14.2. The van der Waals surface area contributed by atoms with Crippen LogP contribution in [0.3, 0.4) is 0 Å². The van der Waals surface area contributed by atoms with Crippen molar-refractivity contribution in [3.8, 4) is 16.9 Å². The first-order chi connectivity index (χ1) is 14.0. The minimum absolute atomic E-state index is 0.183. The summed E-state index contributed by atoms with van der Waals surface area (Å²) in [5, 5.41) is 10.1. The second kappa shape index (κ2) is 8.13. The Morgan fingerprint density at radius 3 is 2.55 bits per heavy atom. The van der Waals surface area contributed by atoms with Crippen molar-refractivity contribution in [2.75, 3.05) is 6.54 Å². The largest absolute Gasteiger partial charge is 0.487 e. The van der Waals surface area contributed by atoms with Crippen molar-refractivity contribution in [2.45, 2.75) is 19.1 Å². The van der Waals surface area contributed by atoms with Crippen molar-refractivity contribution in [1.29, 1.82) is 0 Å². The molecule has 1 amide bonds. The first-order valence-corrected chi connectivity index (χ1v) is 9.65. The van der Waals surface area contributed by atoms with Crippen LogP contribution >= 0.6 is 11.6 Å². The predicted octanol–water partition coefficient (Wildman–Crippen LogP) is 5.63. The molecular weight excluding hydrogens is 393 g/mol. The fourth-order valence-corrected chi connectivity index (χ4v) is 3.87. The lowest BCUT2D eigenvalue weighted by Gasteiger charge is -2.23. The van der Waals surface area contributed by atoms with Crippen LogP contribution in [0.25, 0.3) is 11.1 Å². The number of rotatable bonds is 5. The summed E-state index contributed by atoms with van der Waals surface area (Å²) in [7, 11) is 0. The molecule has 3 aromatic rings. The van der Waals surface area contributed by atoms with Gasteiger partial charge in [-0.1, -0.05) is 60.1 Å². The van der Waals surface area contributed by atoms with E-state index in [-0.39, 0.29) is 18.9 Å². The SMILES string of the molecule is O=C(O)N(Cc1ccccc1)CC1Cc2cc(F)cc(-c3ccccc3Cl)c2O1. The molecule has 0 saturated heterocycles. The van der Waals surface area contributed by atoms with Gasteiger partial charge in [0.15, 0.2) is 0 Å². The Kier molecular flexibility index (Phi) is 5.41. The quantitative estimate of drug-likeness (QED) is 0.592. The van der Waals surface area contributed by atoms with E-state index in [0.717, 1.165) is 11.1 Å². The highest BCUT2D eigenvalue weighted by Crippen LogP contribution is 2.42. The third-order valence-electron chi connectivity index (χ3n) is 4.94. The molecule has 3 aromatic carbocycles. The summed E-state index contributed by atoms with van der Waals surface area (Å²) in [6.07, 6.45) is -0.984. The number of benzene rings is 3. The van der Waals surface area contributed by atoms with Gasteiger partial charge in [-0.25, -0.2) is 9.18 Å². The van der Waals surface area contributed by atoms with E-state index in [1.54, 1.807) is 6.07 Å². The Morgan fingerprint density at radius 1 is 1.10 bits per heavy atom. The molecule has 0 radical (unpaired) electrons. The molecule has 1 atom stereocenters. The van der Waals surface area contributed by atoms with Gasteiger partial charge in [0.2, 0.25) is 0 Å². The zero-order chi connectivity index (χ0) is 20.4. The number of hydrogen-bond donors (Lipinski definition) is 1. The fraction of sp³-hybridized carbons (Fsp3) is 0.174. The summed E-state index contributed by atoms with van der Waals surface area (Å²) in [6, 6.07) is 19.4. The lowest BCUT2D eigenvalue weighted by atomic mass is 10.00. The fourth-order valence-electron chi connectivity index (χ4n) is 3.64. The molecule has 0 aromatic heterocycles. The second-order valence-electron chi connectivity index (χ2n) is 7.01. The summed E-state index contributed by atoms with van der Waals surface area (Å²) in [4.78, 5) is 13.1. The van der Waals surface area contributed by atoms with Crippen LogP contribution in [-0.4, -0.2) is 28.7 Å². The minimum atomic E-state index is -1.02. The number of fused-ring (bicyclic) bond motifs is 1. The highest BCUT2D eigenvalue weighted by molar-refractivity contribution is 6.33. The van der Waals surface area contributed by atoms with Gasteiger partial charge in [-0.2, -0.15) is 0 Å². The van der Waals surface area contributed by atoms with E-state index in [1.165, 1.54) is 17.0 Å². The van der Waals surface area contributed by atoms with Gasteiger partial charge in [0.25, 0.3) is 0 Å². The highest BCUT2D eigenvalue weighted by Gasteiger charge is 2.30. The Balaban J connectivity index is 1.58. The topological polar surface area (TPSA) is 49.8 Å². The Hall–Kier alpha value is -3.05. The van der Waals surface area contributed by atoms with E-state index in [2.05, 4.69) is 0 Å². The molecule has 0 aliphatic carbocycles. The van der Waals surface area contributed by atoms with Gasteiger partial charge >= 0.3 is 6.09 Å². The molecule has 1 unspecified atom stereocenters. The molecule has 4 rings (SSSR count). The van der Waals surface area contributed by atoms with Gasteiger partial charge in [-0.15, -0.1) is 0 Å². The average Bonchev–Trinajstić information content (AvgIpc) is 3.10. The highest BCUT2D eigenvalue weighted by atomic mass is 35.5. The van der Waals surface area contributed by atoms with Crippen molar-refractivity contribution in [1.82, 2.24) is 4.90 Å². The first kappa shape index (κ1) is 19.3. The molecule has 6 heteroatoms. The Labute approximate surface area is 173 Å². The zero-order valence-corrected chi connectivity index (χ0v) is 16.3. The van der Waals surface area contributed by atoms with E-state index in [9.17, 15) is 14.3 Å². The van der Waals surface area contributed by atoms with E-state index in [0.29, 0.717) is 28.3 Å². The van der Waals surface area contributed by atoms with Gasteiger partial charge < -0.3 is 14.7 Å². The molecule has 1 N–H and O–H groups in total. The molecule has 1 heterocycles. The lowest BCUT2D eigenvalue weighted by molar-refractivity contribution is 0.113. The molecule has 0 bridgehead atoms. The summed E-state index contributed by atoms with van der Waals surface area (Å²) in [5.41, 5.74) is 2.88. The number of hydrogen-bond acceptors (Lipinski definition) is 2. The van der Waals surface area contributed by atoms with Crippen molar-refractivity contribution < 1.29 is 19.0 Å². The van der Waals surface area contributed by atoms with Gasteiger partial charge in [-0.05, 0) is 23.8 Å². The molecule has 29 heavy (non-hydrogen) atoms. The van der Waals surface area contributed by atoms with Crippen molar-refractivity contribution in [3.63, 3.8) is 0 Å². The molecule has 148 valence electrons. The van der Waals surface area contributed by atoms with Crippen LogP contribution < -0.4 is 4.74 Å². The first-order valence-electron chi connectivity index (χ1n) is 9.27. The van der Waals surface area contributed by atoms with Crippen molar-refractivity contribution >= 4 is 17.7 Å². The number of nitrogens with zero attached hydrogens (tertiary/aromatic N) is 1. The van der Waals surface area contributed by atoms with Crippen LogP contribution in [0.15, 0.2) is 66.7 Å². The smallest absolute Gasteiger partial charge is 0.407 e. The monoisotopic (exact) mass is 411 g/mol. The van der Waals surface area contributed by atoms with Gasteiger partial charge in [0, 0.05) is 34.7 Å². The van der Waals surface area contributed by atoms with Gasteiger partial charge in [-0.3, -0.25) is 0 Å². The molecule has 1 aliphatic heterocycles. The molecular formula is C23H19ClFNO3. The third kappa shape index (κ3) is 4.20. The second-order valence-corrected chi connectivity index (χ2v) is 7.42. The van der Waals surface area contributed by atoms with Crippen LogP contribution in [0.5, 0.6) is 5.75 Å². The number of halogens is 2. The number of amides is 1. The molecule has 0 saturated carbocycles. The van der Waals surface area contributed by atoms with Crippen LogP contribution in [0, 0.1) is 5.82 Å². The Bertz CT molecular complexity index is 1040. The van der Waals surface area contributed by atoms with Gasteiger partial charge in [0.05, 0.1) is 6.54 Å². The van der Waals surface area contributed by atoms with E-state index in [1.807, 2.05) is 48.5 Å². The molecule has 0 fully saturated rings.